The van der Waals surface area contributed by atoms with Crippen LogP contribution >= 0.6 is 15.9 Å². The summed E-state index contributed by atoms with van der Waals surface area (Å²) in [5.74, 6) is 0.947. The Balaban J connectivity index is 2.05. The summed E-state index contributed by atoms with van der Waals surface area (Å²) in [6, 6.07) is 8.03. The first-order chi connectivity index (χ1) is 7.31. The highest BCUT2D eigenvalue weighted by molar-refractivity contribution is 9.10. The minimum Gasteiger partial charge on any atom is -0.474 e. The zero-order chi connectivity index (χ0) is 10.7. The number of benzene rings is 1. The lowest BCUT2D eigenvalue weighted by molar-refractivity contribution is 0.0643. The van der Waals surface area contributed by atoms with Crippen LogP contribution in [0.3, 0.4) is 0 Å². The molecule has 1 aromatic rings. The number of nitrogens with zero attached hydrogens (tertiary/aromatic N) is 1. The lowest BCUT2D eigenvalue weighted by Gasteiger charge is -2.24. The number of likely N-dealkylation sites (tertiary alicyclic amines) is 1. The number of hydrogen-bond acceptors (Lipinski definition) is 2. The summed E-state index contributed by atoms with van der Waals surface area (Å²) < 4.78 is 7.02. The standard InChI is InChI=1S/C12H16BrNO/c1-2-14-9-5-8-12(14)15-11-7-4-3-6-10(11)13/h3-4,6-7,12H,2,5,8-9H2,1H3. The molecule has 0 amide bonds. The summed E-state index contributed by atoms with van der Waals surface area (Å²) >= 11 is 3.50. The van der Waals surface area contributed by atoms with Crippen LogP contribution in [0.5, 0.6) is 5.75 Å². The molecule has 1 saturated heterocycles. The molecule has 0 N–H and O–H groups in total. The summed E-state index contributed by atoms with van der Waals surface area (Å²) in [6.07, 6.45) is 2.63. The molecule has 0 spiro atoms. The summed E-state index contributed by atoms with van der Waals surface area (Å²) in [4.78, 5) is 2.37. The quantitative estimate of drug-likeness (QED) is 0.835. The molecule has 1 fully saturated rings. The third kappa shape index (κ3) is 2.52. The van der Waals surface area contributed by atoms with Crippen molar-refractivity contribution in [2.75, 3.05) is 13.1 Å². The highest BCUT2D eigenvalue weighted by atomic mass is 79.9. The first-order valence-corrected chi connectivity index (χ1v) is 6.26. The molecule has 0 radical (unpaired) electrons. The molecule has 82 valence electrons. The predicted molar refractivity (Wildman–Crippen MR) is 65.0 cm³/mol. The largest absolute Gasteiger partial charge is 0.474 e. The van der Waals surface area contributed by atoms with E-state index in [2.05, 4.69) is 27.8 Å². The zero-order valence-corrected chi connectivity index (χ0v) is 10.5. The Morgan fingerprint density at radius 2 is 2.27 bits per heavy atom. The van der Waals surface area contributed by atoms with E-state index in [1.165, 1.54) is 6.42 Å². The maximum absolute atomic E-state index is 5.99. The van der Waals surface area contributed by atoms with Gasteiger partial charge in [-0.2, -0.15) is 0 Å². The third-order valence-electron chi connectivity index (χ3n) is 2.81. The molecular weight excluding hydrogens is 254 g/mol. The second-order valence-corrected chi connectivity index (χ2v) is 4.63. The van der Waals surface area contributed by atoms with Gasteiger partial charge in [0, 0.05) is 6.54 Å². The molecule has 0 aromatic heterocycles. The molecule has 0 saturated carbocycles. The number of para-hydroxylation sites is 1. The topological polar surface area (TPSA) is 12.5 Å². The molecule has 2 nitrogen and oxygen atoms in total. The highest BCUT2D eigenvalue weighted by Crippen LogP contribution is 2.28. The van der Waals surface area contributed by atoms with Crippen LogP contribution in [0.25, 0.3) is 0 Å². The Bertz CT molecular complexity index is 329. The Hall–Kier alpha value is -0.540. The number of hydrogen-bond donors (Lipinski definition) is 0. The lowest BCUT2D eigenvalue weighted by Crippen LogP contribution is -2.33. The molecule has 3 heteroatoms. The van der Waals surface area contributed by atoms with E-state index < -0.39 is 0 Å². The minimum absolute atomic E-state index is 0.258. The number of ether oxygens (including phenoxy) is 1. The van der Waals surface area contributed by atoms with Crippen LogP contribution in [0.4, 0.5) is 0 Å². The summed E-state index contributed by atoms with van der Waals surface area (Å²) in [5.41, 5.74) is 0. The van der Waals surface area contributed by atoms with Crippen LogP contribution in [-0.4, -0.2) is 24.2 Å². The molecule has 1 aliphatic heterocycles. The van der Waals surface area contributed by atoms with Gasteiger partial charge in [0.15, 0.2) is 6.23 Å². The van der Waals surface area contributed by atoms with Crippen LogP contribution < -0.4 is 4.74 Å². The molecule has 0 bridgehead atoms. The molecule has 15 heavy (non-hydrogen) atoms. The van der Waals surface area contributed by atoms with Gasteiger partial charge in [-0.25, -0.2) is 0 Å². The monoisotopic (exact) mass is 269 g/mol. The van der Waals surface area contributed by atoms with Gasteiger partial charge in [-0.3, -0.25) is 4.90 Å². The highest BCUT2D eigenvalue weighted by Gasteiger charge is 2.24. The van der Waals surface area contributed by atoms with Gasteiger partial charge in [-0.15, -0.1) is 0 Å². The maximum Gasteiger partial charge on any atom is 0.152 e. The van der Waals surface area contributed by atoms with Gasteiger partial charge in [0.2, 0.25) is 0 Å². The molecule has 2 rings (SSSR count). The van der Waals surface area contributed by atoms with Gasteiger partial charge in [-0.05, 0) is 47.4 Å². The molecule has 1 aromatic carbocycles. The van der Waals surface area contributed by atoms with Crippen molar-refractivity contribution in [1.29, 1.82) is 0 Å². The first kappa shape index (κ1) is 11.0. The van der Waals surface area contributed by atoms with Crippen LogP contribution in [0, 0.1) is 0 Å². The summed E-state index contributed by atoms with van der Waals surface area (Å²) in [5, 5.41) is 0. The molecule has 0 aliphatic carbocycles. The number of halogens is 1. The average Bonchev–Trinajstić information content (AvgIpc) is 2.69. The normalized spacial score (nSPS) is 21.9. The Kier molecular flexibility index (Phi) is 3.65. The van der Waals surface area contributed by atoms with Crippen molar-refractivity contribution in [3.05, 3.63) is 28.7 Å². The van der Waals surface area contributed by atoms with E-state index in [1.54, 1.807) is 0 Å². The smallest absolute Gasteiger partial charge is 0.152 e. The van der Waals surface area contributed by atoms with E-state index in [-0.39, 0.29) is 6.23 Å². The fraction of sp³-hybridized carbons (Fsp3) is 0.500. The van der Waals surface area contributed by atoms with E-state index in [1.807, 2.05) is 24.3 Å². The molecule has 1 heterocycles. The van der Waals surface area contributed by atoms with Gasteiger partial charge in [0.05, 0.1) is 4.47 Å². The van der Waals surface area contributed by atoms with Crippen LogP contribution in [0.1, 0.15) is 19.8 Å². The molecule has 1 unspecified atom stereocenters. The SMILES string of the molecule is CCN1CCCC1Oc1ccccc1Br. The van der Waals surface area contributed by atoms with Crippen molar-refractivity contribution >= 4 is 15.9 Å². The first-order valence-electron chi connectivity index (χ1n) is 5.46. The lowest BCUT2D eigenvalue weighted by atomic mass is 10.3. The molecular formula is C12H16BrNO. The average molecular weight is 270 g/mol. The second-order valence-electron chi connectivity index (χ2n) is 3.77. The summed E-state index contributed by atoms with van der Waals surface area (Å²) in [7, 11) is 0. The minimum atomic E-state index is 0.258. The van der Waals surface area contributed by atoms with Crippen LogP contribution in [0.2, 0.25) is 0 Å². The van der Waals surface area contributed by atoms with E-state index in [0.717, 1.165) is 29.7 Å². The summed E-state index contributed by atoms with van der Waals surface area (Å²) in [6.45, 7) is 4.41. The maximum atomic E-state index is 5.99. The zero-order valence-electron chi connectivity index (χ0n) is 8.95. The fourth-order valence-electron chi connectivity index (χ4n) is 1.98. The third-order valence-corrected chi connectivity index (χ3v) is 3.46. The Labute approximate surface area is 99.4 Å². The van der Waals surface area contributed by atoms with Gasteiger partial charge in [0.1, 0.15) is 5.75 Å². The van der Waals surface area contributed by atoms with Gasteiger partial charge in [0.25, 0.3) is 0 Å². The van der Waals surface area contributed by atoms with Gasteiger partial charge >= 0.3 is 0 Å². The van der Waals surface area contributed by atoms with E-state index in [4.69, 9.17) is 4.74 Å². The second kappa shape index (κ2) is 4.99. The predicted octanol–water partition coefficient (Wildman–Crippen LogP) is 3.27. The van der Waals surface area contributed by atoms with Crippen molar-refractivity contribution in [3.8, 4) is 5.75 Å². The van der Waals surface area contributed by atoms with Gasteiger partial charge < -0.3 is 4.74 Å². The molecule has 1 atom stereocenters. The van der Waals surface area contributed by atoms with Crippen LogP contribution in [-0.2, 0) is 0 Å². The van der Waals surface area contributed by atoms with E-state index in [9.17, 15) is 0 Å². The van der Waals surface area contributed by atoms with E-state index >= 15 is 0 Å². The van der Waals surface area contributed by atoms with Crippen molar-refractivity contribution in [3.63, 3.8) is 0 Å². The van der Waals surface area contributed by atoms with Crippen molar-refractivity contribution in [1.82, 2.24) is 4.90 Å². The molecule has 1 aliphatic rings. The van der Waals surface area contributed by atoms with E-state index in [0.29, 0.717) is 0 Å². The van der Waals surface area contributed by atoms with Crippen molar-refractivity contribution in [2.24, 2.45) is 0 Å². The Morgan fingerprint density at radius 1 is 1.47 bits per heavy atom. The number of rotatable bonds is 3. The fourth-order valence-corrected chi connectivity index (χ4v) is 2.36. The van der Waals surface area contributed by atoms with Gasteiger partial charge in [-0.1, -0.05) is 19.1 Å². The Morgan fingerprint density at radius 3 is 3.00 bits per heavy atom. The van der Waals surface area contributed by atoms with Crippen LogP contribution in [0.15, 0.2) is 28.7 Å². The van der Waals surface area contributed by atoms with Crippen molar-refractivity contribution in [2.45, 2.75) is 26.0 Å². The van der Waals surface area contributed by atoms with Crippen molar-refractivity contribution < 1.29 is 4.74 Å².